The van der Waals surface area contributed by atoms with Gasteiger partial charge in [-0.05, 0) is 58.7 Å². The molecule has 0 spiro atoms. The van der Waals surface area contributed by atoms with Gasteiger partial charge in [-0.15, -0.1) is 0 Å². The van der Waals surface area contributed by atoms with E-state index in [0.717, 1.165) is 10.0 Å². The lowest BCUT2D eigenvalue weighted by Gasteiger charge is -2.09. The zero-order valence-corrected chi connectivity index (χ0v) is 14.4. The number of halogens is 2. The number of phenols is 1. The van der Waals surface area contributed by atoms with Crippen LogP contribution in [-0.4, -0.2) is 23.6 Å². The molecule has 2 rings (SSSR count). The first-order valence-corrected chi connectivity index (χ1v) is 7.75. The van der Waals surface area contributed by atoms with Crippen LogP contribution in [0.1, 0.15) is 15.9 Å². The molecule has 23 heavy (non-hydrogen) atoms. The molecular formula is C16H13BrClNO4. The van der Waals surface area contributed by atoms with E-state index >= 15 is 0 Å². The molecule has 0 bridgehead atoms. The fraction of sp³-hybridized carbons (Fsp3) is 0.125. The van der Waals surface area contributed by atoms with Crippen molar-refractivity contribution in [1.82, 2.24) is 0 Å². The van der Waals surface area contributed by atoms with Crippen molar-refractivity contribution in [3.63, 3.8) is 0 Å². The van der Waals surface area contributed by atoms with Crippen LogP contribution < -0.4 is 5.32 Å². The molecule has 7 heteroatoms. The van der Waals surface area contributed by atoms with E-state index in [1.165, 1.54) is 18.2 Å². The van der Waals surface area contributed by atoms with Gasteiger partial charge < -0.3 is 15.2 Å². The van der Waals surface area contributed by atoms with Crippen molar-refractivity contribution in [1.29, 1.82) is 0 Å². The second-order valence-corrected chi connectivity index (χ2v) is 6.06. The molecule has 5 nitrogen and oxygen atoms in total. The number of aromatic hydroxyl groups is 1. The number of aryl methyl sites for hydroxylation is 1. The minimum absolute atomic E-state index is 0.0567. The first-order chi connectivity index (χ1) is 10.9. The molecular weight excluding hydrogens is 386 g/mol. The molecule has 0 aliphatic rings. The summed E-state index contributed by atoms with van der Waals surface area (Å²) >= 11 is 9.03. The Bertz CT molecular complexity index is 764. The van der Waals surface area contributed by atoms with Gasteiger partial charge >= 0.3 is 5.97 Å². The number of carbonyl (C=O) groups excluding carboxylic acids is 2. The number of anilines is 1. The van der Waals surface area contributed by atoms with Gasteiger partial charge in [0.15, 0.2) is 6.61 Å². The van der Waals surface area contributed by atoms with Gasteiger partial charge in [0.05, 0.1) is 5.69 Å². The molecule has 0 saturated heterocycles. The summed E-state index contributed by atoms with van der Waals surface area (Å²) in [4.78, 5) is 23.7. The van der Waals surface area contributed by atoms with Crippen molar-refractivity contribution in [2.24, 2.45) is 0 Å². The Morgan fingerprint density at radius 3 is 2.65 bits per heavy atom. The van der Waals surface area contributed by atoms with Crippen molar-refractivity contribution >= 4 is 45.1 Å². The molecule has 2 aromatic rings. The standard InChI is InChI=1S/C16H13BrClNO4/c1-9-2-5-13(12(17)6-9)19-15(21)8-23-16(22)11-4-3-10(18)7-14(11)20/h2-7,20H,8H2,1H3,(H,19,21). The molecule has 0 radical (unpaired) electrons. The summed E-state index contributed by atoms with van der Waals surface area (Å²) in [5.41, 5.74) is 1.56. The van der Waals surface area contributed by atoms with Crippen LogP contribution in [0.2, 0.25) is 5.02 Å². The minimum Gasteiger partial charge on any atom is -0.507 e. The molecule has 0 aromatic heterocycles. The van der Waals surface area contributed by atoms with Crippen molar-refractivity contribution in [3.05, 3.63) is 57.0 Å². The Labute approximate surface area is 146 Å². The lowest BCUT2D eigenvalue weighted by Crippen LogP contribution is -2.21. The van der Waals surface area contributed by atoms with Crippen LogP contribution in [0.4, 0.5) is 5.69 Å². The van der Waals surface area contributed by atoms with Gasteiger partial charge in [0.1, 0.15) is 11.3 Å². The van der Waals surface area contributed by atoms with Crippen LogP contribution in [0.25, 0.3) is 0 Å². The van der Waals surface area contributed by atoms with Gasteiger partial charge in [-0.2, -0.15) is 0 Å². The van der Waals surface area contributed by atoms with Crippen LogP contribution in [0.15, 0.2) is 40.9 Å². The third-order valence-electron chi connectivity index (χ3n) is 2.91. The van der Waals surface area contributed by atoms with E-state index in [9.17, 15) is 14.7 Å². The number of hydrogen-bond donors (Lipinski definition) is 2. The second kappa shape index (κ2) is 7.48. The summed E-state index contributed by atoms with van der Waals surface area (Å²) in [5.74, 6) is -1.60. The molecule has 0 fully saturated rings. The molecule has 0 atom stereocenters. The number of benzene rings is 2. The van der Waals surface area contributed by atoms with E-state index in [4.69, 9.17) is 16.3 Å². The van der Waals surface area contributed by atoms with Crippen LogP contribution in [0.5, 0.6) is 5.75 Å². The number of hydrogen-bond acceptors (Lipinski definition) is 4. The lowest BCUT2D eigenvalue weighted by molar-refractivity contribution is -0.119. The van der Waals surface area contributed by atoms with E-state index in [0.29, 0.717) is 10.7 Å². The topological polar surface area (TPSA) is 75.6 Å². The van der Waals surface area contributed by atoms with E-state index in [2.05, 4.69) is 21.2 Å². The van der Waals surface area contributed by atoms with E-state index in [-0.39, 0.29) is 11.3 Å². The maximum absolute atomic E-state index is 11.8. The number of nitrogens with one attached hydrogen (secondary N) is 1. The maximum atomic E-state index is 11.8. The predicted octanol–water partition coefficient (Wildman–Crippen LogP) is 3.91. The summed E-state index contributed by atoms with van der Waals surface area (Å²) < 4.78 is 5.61. The number of ether oxygens (including phenoxy) is 1. The van der Waals surface area contributed by atoms with Crippen molar-refractivity contribution in [2.45, 2.75) is 6.92 Å². The zero-order valence-electron chi connectivity index (χ0n) is 12.1. The number of carbonyl (C=O) groups is 2. The second-order valence-electron chi connectivity index (χ2n) is 4.77. The van der Waals surface area contributed by atoms with E-state index in [1.54, 1.807) is 6.07 Å². The van der Waals surface area contributed by atoms with E-state index in [1.807, 2.05) is 19.1 Å². The highest BCUT2D eigenvalue weighted by Crippen LogP contribution is 2.24. The minimum atomic E-state index is -0.808. The molecule has 2 N–H and O–H groups in total. The molecule has 0 heterocycles. The van der Waals surface area contributed by atoms with Gasteiger partial charge in [0.25, 0.3) is 5.91 Å². The first-order valence-electron chi connectivity index (χ1n) is 6.58. The summed E-state index contributed by atoms with van der Waals surface area (Å²) in [5, 5.41) is 12.5. The zero-order chi connectivity index (χ0) is 17.0. The number of amides is 1. The van der Waals surface area contributed by atoms with Gasteiger partial charge in [-0.1, -0.05) is 17.7 Å². The Morgan fingerprint density at radius 1 is 1.26 bits per heavy atom. The molecule has 0 unspecified atom stereocenters. The Morgan fingerprint density at radius 2 is 2.00 bits per heavy atom. The molecule has 0 aliphatic carbocycles. The normalized spacial score (nSPS) is 10.2. The number of phenolic OH excluding ortho intramolecular Hbond substituents is 1. The average molecular weight is 399 g/mol. The third kappa shape index (κ3) is 4.71. The highest BCUT2D eigenvalue weighted by Gasteiger charge is 2.15. The Kier molecular flexibility index (Phi) is 5.63. The molecule has 0 aliphatic heterocycles. The Hall–Kier alpha value is -2.05. The summed E-state index contributed by atoms with van der Waals surface area (Å²) in [6.45, 7) is 1.46. The summed E-state index contributed by atoms with van der Waals surface area (Å²) in [6, 6.07) is 9.44. The average Bonchev–Trinajstić information content (AvgIpc) is 2.48. The van der Waals surface area contributed by atoms with Crippen LogP contribution in [0.3, 0.4) is 0 Å². The van der Waals surface area contributed by atoms with Gasteiger partial charge in [-0.25, -0.2) is 4.79 Å². The van der Waals surface area contributed by atoms with Crippen LogP contribution in [0, 0.1) is 6.92 Å². The van der Waals surface area contributed by atoms with Crippen molar-refractivity contribution in [2.75, 3.05) is 11.9 Å². The molecule has 1 amide bonds. The Balaban J connectivity index is 1.94. The quantitative estimate of drug-likeness (QED) is 0.766. The maximum Gasteiger partial charge on any atom is 0.342 e. The van der Waals surface area contributed by atoms with Gasteiger partial charge in [0, 0.05) is 9.50 Å². The third-order valence-corrected chi connectivity index (χ3v) is 3.80. The van der Waals surface area contributed by atoms with Crippen molar-refractivity contribution in [3.8, 4) is 5.75 Å². The van der Waals surface area contributed by atoms with Crippen molar-refractivity contribution < 1.29 is 19.4 Å². The first kappa shape index (κ1) is 17.3. The fourth-order valence-corrected chi connectivity index (χ4v) is 2.55. The number of esters is 1. The van der Waals surface area contributed by atoms with Crippen LogP contribution in [-0.2, 0) is 9.53 Å². The summed E-state index contributed by atoms with van der Waals surface area (Å²) in [7, 11) is 0. The van der Waals surface area contributed by atoms with Gasteiger partial charge in [-0.3, -0.25) is 4.79 Å². The SMILES string of the molecule is Cc1ccc(NC(=O)COC(=O)c2ccc(Cl)cc2O)c(Br)c1. The molecule has 2 aromatic carbocycles. The summed E-state index contributed by atoms with van der Waals surface area (Å²) in [6.07, 6.45) is 0. The lowest BCUT2D eigenvalue weighted by atomic mass is 10.2. The highest BCUT2D eigenvalue weighted by atomic mass is 79.9. The van der Waals surface area contributed by atoms with Gasteiger partial charge in [0.2, 0.25) is 0 Å². The number of rotatable bonds is 4. The fourth-order valence-electron chi connectivity index (χ4n) is 1.79. The largest absolute Gasteiger partial charge is 0.507 e. The smallest absolute Gasteiger partial charge is 0.342 e. The molecule has 0 saturated carbocycles. The monoisotopic (exact) mass is 397 g/mol. The highest BCUT2D eigenvalue weighted by molar-refractivity contribution is 9.10. The van der Waals surface area contributed by atoms with Crippen LogP contribution >= 0.6 is 27.5 Å². The van der Waals surface area contributed by atoms with E-state index < -0.39 is 18.5 Å². The molecule has 120 valence electrons. The predicted molar refractivity (Wildman–Crippen MR) is 90.9 cm³/mol.